The van der Waals surface area contributed by atoms with Crippen LogP contribution in [0.4, 0.5) is 0 Å². The summed E-state index contributed by atoms with van der Waals surface area (Å²) in [5.41, 5.74) is 2.05. The van der Waals surface area contributed by atoms with Crippen LogP contribution in [0.25, 0.3) is 0 Å². The summed E-state index contributed by atoms with van der Waals surface area (Å²) in [5, 5.41) is 2.48. The van der Waals surface area contributed by atoms with Crippen LogP contribution in [0.15, 0.2) is 5.29 Å². The molecule has 0 aromatic rings. The van der Waals surface area contributed by atoms with Gasteiger partial charge in [-0.2, -0.15) is 0 Å². The third-order valence-corrected chi connectivity index (χ3v) is 3.51. The molecule has 4 heteroatoms. The molecule has 0 aliphatic heterocycles. The van der Waals surface area contributed by atoms with Crippen LogP contribution in [0.5, 0.6) is 0 Å². The van der Waals surface area contributed by atoms with E-state index in [4.69, 9.17) is 0 Å². The van der Waals surface area contributed by atoms with Crippen molar-refractivity contribution in [3.05, 3.63) is 4.91 Å². The summed E-state index contributed by atoms with van der Waals surface area (Å²) in [5.74, 6) is 1.21. The molecule has 1 fully saturated rings. The highest BCUT2D eigenvalue weighted by atomic mass is 16.3. The standard InChI is InChI=1S/C11H20N2O2/c1-7(2)9-5-4-8(3)6-10(9)11(14)12-13-15/h7-10H,4-6H2,1-3H3,(H,12,14,15). The number of carbonyl (C=O) groups is 1. The van der Waals surface area contributed by atoms with Crippen molar-refractivity contribution in [2.24, 2.45) is 29.0 Å². The number of hydrogen-bond acceptors (Lipinski definition) is 3. The van der Waals surface area contributed by atoms with Gasteiger partial charge in [-0.05, 0) is 30.6 Å². The molecule has 4 nitrogen and oxygen atoms in total. The van der Waals surface area contributed by atoms with Gasteiger partial charge in [-0.1, -0.05) is 27.2 Å². The number of nitrogens with zero attached hydrogens (tertiary/aromatic N) is 1. The number of nitroso groups, excluding NO2 is 1. The van der Waals surface area contributed by atoms with Crippen molar-refractivity contribution in [2.45, 2.75) is 40.0 Å². The molecule has 1 saturated carbocycles. The van der Waals surface area contributed by atoms with Gasteiger partial charge >= 0.3 is 0 Å². The Balaban J connectivity index is 2.69. The van der Waals surface area contributed by atoms with Gasteiger partial charge in [-0.3, -0.25) is 4.79 Å². The average Bonchev–Trinajstić information content (AvgIpc) is 2.17. The van der Waals surface area contributed by atoms with Crippen LogP contribution in [0.3, 0.4) is 0 Å². The van der Waals surface area contributed by atoms with Crippen LogP contribution < -0.4 is 5.43 Å². The monoisotopic (exact) mass is 212 g/mol. The van der Waals surface area contributed by atoms with E-state index in [1.54, 1.807) is 0 Å². The number of nitrogens with one attached hydrogen (secondary N) is 1. The molecule has 1 N–H and O–H groups in total. The summed E-state index contributed by atoms with van der Waals surface area (Å²) in [6.45, 7) is 6.43. The second kappa shape index (κ2) is 5.24. The lowest BCUT2D eigenvalue weighted by Gasteiger charge is -2.35. The van der Waals surface area contributed by atoms with Crippen LogP contribution in [0.2, 0.25) is 0 Å². The van der Waals surface area contributed by atoms with Gasteiger partial charge < -0.3 is 0 Å². The van der Waals surface area contributed by atoms with Crippen LogP contribution in [0.1, 0.15) is 40.0 Å². The zero-order chi connectivity index (χ0) is 11.4. The molecule has 1 amide bonds. The number of rotatable bonds is 3. The first-order chi connectivity index (χ1) is 7.06. The third kappa shape index (κ3) is 3.01. The summed E-state index contributed by atoms with van der Waals surface area (Å²) in [6.07, 6.45) is 3.14. The lowest BCUT2D eigenvalue weighted by molar-refractivity contribution is -0.129. The Bertz CT molecular complexity index is 241. The summed E-state index contributed by atoms with van der Waals surface area (Å²) < 4.78 is 0. The van der Waals surface area contributed by atoms with Gasteiger partial charge in [0, 0.05) is 5.92 Å². The summed E-state index contributed by atoms with van der Waals surface area (Å²) >= 11 is 0. The van der Waals surface area contributed by atoms with Crippen molar-refractivity contribution < 1.29 is 4.79 Å². The quantitative estimate of drug-likeness (QED) is 0.577. The maximum atomic E-state index is 11.7. The summed E-state index contributed by atoms with van der Waals surface area (Å²) in [6, 6.07) is 0. The predicted molar refractivity (Wildman–Crippen MR) is 58.8 cm³/mol. The fraction of sp³-hybridized carbons (Fsp3) is 0.909. The Hall–Kier alpha value is -0.930. The minimum Gasteiger partial charge on any atom is -0.273 e. The van der Waals surface area contributed by atoms with Crippen molar-refractivity contribution in [1.29, 1.82) is 0 Å². The molecule has 3 atom stereocenters. The topological polar surface area (TPSA) is 58.5 Å². The molecule has 1 aliphatic carbocycles. The smallest absolute Gasteiger partial charge is 0.246 e. The number of carbonyl (C=O) groups excluding carboxylic acids is 1. The predicted octanol–water partition coefficient (Wildman–Crippen LogP) is 2.49. The van der Waals surface area contributed by atoms with Crippen molar-refractivity contribution in [2.75, 3.05) is 0 Å². The third-order valence-electron chi connectivity index (χ3n) is 3.51. The first-order valence-corrected chi connectivity index (χ1v) is 5.68. The van der Waals surface area contributed by atoms with E-state index < -0.39 is 0 Å². The van der Waals surface area contributed by atoms with E-state index in [9.17, 15) is 9.70 Å². The van der Waals surface area contributed by atoms with Crippen LogP contribution in [-0.4, -0.2) is 5.91 Å². The number of hydrogen-bond donors (Lipinski definition) is 1. The molecule has 0 bridgehead atoms. The SMILES string of the molecule is CC1CCC(C(C)C)C(C(=O)NN=O)C1. The Morgan fingerprint density at radius 3 is 2.60 bits per heavy atom. The minimum atomic E-state index is -0.199. The second-order valence-electron chi connectivity index (χ2n) is 5.00. The van der Waals surface area contributed by atoms with Gasteiger partial charge in [0.2, 0.25) is 5.91 Å². The zero-order valence-electron chi connectivity index (χ0n) is 9.69. The highest BCUT2D eigenvalue weighted by Crippen LogP contribution is 2.37. The summed E-state index contributed by atoms with van der Waals surface area (Å²) in [4.78, 5) is 21.7. The number of amides is 1. The van der Waals surface area contributed by atoms with Crippen molar-refractivity contribution >= 4 is 5.91 Å². The molecule has 0 heterocycles. The molecule has 1 rings (SSSR count). The van der Waals surface area contributed by atoms with Gasteiger partial charge in [0.15, 0.2) is 0 Å². The highest BCUT2D eigenvalue weighted by Gasteiger charge is 2.35. The molecule has 15 heavy (non-hydrogen) atoms. The molecule has 86 valence electrons. The Morgan fingerprint density at radius 1 is 1.40 bits per heavy atom. The molecular formula is C11H20N2O2. The molecule has 0 aromatic carbocycles. The first-order valence-electron chi connectivity index (χ1n) is 5.68. The molecule has 3 unspecified atom stereocenters. The molecular weight excluding hydrogens is 192 g/mol. The van der Waals surface area contributed by atoms with E-state index >= 15 is 0 Å². The van der Waals surface area contributed by atoms with E-state index in [0.717, 1.165) is 12.8 Å². The van der Waals surface area contributed by atoms with Gasteiger partial charge in [-0.25, -0.2) is 5.43 Å². The lowest BCUT2D eigenvalue weighted by atomic mass is 9.70. The molecule has 1 aliphatic rings. The van der Waals surface area contributed by atoms with E-state index in [-0.39, 0.29) is 11.8 Å². The van der Waals surface area contributed by atoms with Gasteiger partial charge in [0.05, 0.1) is 5.29 Å². The summed E-state index contributed by atoms with van der Waals surface area (Å²) in [7, 11) is 0. The van der Waals surface area contributed by atoms with Crippen molar-refractivity contribution in [3.63, 3.8) is 0 Å². The Kier molecular flexibility index (Phi) is 4.24. The van der Waals surface area contributed by atoms with E-state index in [1.165, 1.54) is 6.42 Å². The second-order valence-corrected chi connectivity index (χ2v) is 5.00. The van der Waals surface area contributed by atoms with Crippen molar-refractivity contribution in [1.82, 2.24) is 5.43 Å². The van der Waals surface area contributed by atoms with Crippen LogP contribution in [-0.2, 0) is 4.79 Å². The Morgan fingerprint density at radius 2 is 2.07 bits per heavy atom. The maximum absolute atomic E-state index is 11.7. The van der Waals surface area contributed by atoms with E-state index in [0.29, 0.717) is 17.8 Å². The van der Waals surface area contributed by atoms with Crippen LogP contribution >= 0.6 is 0 Å². The lowest BCUT2D eigenvalue weighted by Crippen LogP contribution is -2.38. The van der Waals surface area contributed by atoms with Gasteiger partial charge in [0.1, 0.15) is 0 Å². The van der Waals surface area contributed by atoms with Crippen molar-refractivity contribution in [3.8, 4) is 0 Å². The van der Waals surface area contributed by atoms with E-state index in [1.807, 2.05) is 0 Å². The fourth-order valence-corrected chi connectivity index (χ4v) is 2.63. The highest BCUT2D eigenvalue weighted by molar-refractivity contribution is 5.78. The average molecular weight is 212 g/mol. The fourth-order valence-electron chi connectivity index (χ4n) is 2.63. The minimum absolute atomic E-state index is 0.0357. The molecule has 0 radical (unpaired) electrons. The Labute approximate surface area is 90.8 Å². The molecule has 0 spiro atoms. The van der Waals surface area contributed by atoms with Gasteiger partial charge in [0.25, 0.3) is 0 Å². The van der Waals surface area contributed by atoms with E-state index in [2.05, 4.69) is 31.5 Å². The maximum Gasteiger partial charge on any atom is 0.246 e. The van der Waals surface area contributed by atoms with Gasteiger partial charge in [-0.15, -0.1) is 4.91 Å². The first kappa shape index (κ1) is 12.1. The van der Waals surface area contributed by atoms with Crippen LogP contribution in [0, 0.1) is 28.6 Å². The molecule has 0 aromatic heterocycles. The largest absolute Gasteiger partial charge is 0.273 e. The zero-order valence-corrected chi connectivity index (χ0v) is 9.69. The molecule has 0 saturated heterocycles. The normalized spacial score (nSPS) is 31.3.